The Morgan fingerprint density at radius 1 is 0.763 bits per heavy atom. The van der Waals surface area contributed by atoms with Crippen LogP contribution in [0, 0.1) is 0 Å². The molecule has 1 heterocycles. The van der Waals surface area contributed by atoms with Crippen LogP contribution in [-0.4, -0.2) is 77.1 Å². The molecule has 0 aliphatic rings. The molecule has 0 bridgehead atoms. The molecule has 0 fully saturated rings. The molecule has 196 valence electrons. The SMILES string of the molecule is COC(=O)/C=C(\[Se]/C(=C(\c1ccccc1)n1cc(C(=O)OC)c(C(=O)OC)n1)c1ccccc1)C(=O)OC. The van der Waals surface area contributed by atoms with E-state index in [4.69, 9.17) is 18.9 Å². The summed E-state index contributed by atoms with van der Waals surface area (Å²) in [6.45, 7) is 0. The molecule has 0 spiro atoms. The molecule has 3 rings (SSSR count). The molecule has 0 saturated heterocycles. The first kappa shape index (κ1) is 28.1. The van der Waals surface area contributed by atoms with E-state index in [0.29, 0.717) is 21.3 Å². The van der Waals surface area contributed by atoms with Crippen molar-refractivity contribution < 1.29 is 38.1 Å². The van der Waals surface area contributed by atoms with Crippen LogP contribution in [0.25, 0.3) is 10.2 Å². The van der Waals surface area contributed by atoms with Gasteiger partial charge in [0.15, 0.2) is 0 Å². The van der Waals surface area contributed by atoms with E-state index in [1.165, 1.54) is 39.3 Å². The van der Waals surface area contributed by atoms with Gasteiger partial charge in [-0.1, -0.05) is 0 Å². The molecule has 0 atom stereocenters. The van der Waals surface area contributed by atoms with Gasteiger partial charge in [-0.3, -0.25) is 0 Å². The zero-order chi connectivity index (χ0) is 27.7. The standard InChI is InChI=1S/C27H24N2O8Se/c1-34-21(30)15-20(26(32)36-3)38-24(18-13-9-6-10-14-18)23(17-11-7-5-8-12-17)29-16-19(25(31)35-2)22(28-29)27(33)37-4/h5-16H,1-4H3/b20-15-,24-23+. The Labute approximate surface area is 225 Å². The summed E-state index contributed by atoms with van der Waals surface area (Å²) in [5.41, 5.74) is 1.47. The molecule has 3 aromatic rings. The Morgan fingerprint density at radius 2 is 1.34 bits per heavy atom. The van der Waals surface area contributed by atoms with Gasteiger partial charge in [0, 0.05) is 0 Å². The number of nitrogens with zero attached hydrogens (tertiary/aromatic N) is 2. The van der Waals surface area contributed by atoms with Gasteiger partial charge in [-0.05, 0) is 0 Å². The minimum atomic E-state index is -0.851. The number of aromatic nitrogens is 2. The summed E-state index contributed by atoms with van der Waals surface area (Å²) in [5.74, 6) is -3.04. The number of hydrogen-bond acceptors (Lipinski definition) is 9. The Hall–Kier alpha value is -4.47. The number of carbonyl (C=O) groups excluding carboxylic acids is 4. The number of ether oxygens (including phenoxy) is 4. The Kier molecular flexibility index (Phi) is 9.75. The second-order valence-corrected chi connectivity index (χ2v) is 9.56. The summed E-state index contributed by atoms with van der Waals surface area (Å²) in [6.07, 6.45) is 2.45. The molecule has 0 N–H and O–H groups in total. The maximum absolute atomic E-state index is 12.7. The predicted octanol–water partition coefficient (Wildman–Crippen LogP) is 2.76. The van der Waals surface area contributed by atoms with Gasteiger partial charge in [-0.25, -0.2) is 0 Å². The van der Waals surface area contributed by atoms with Gasteiger partial charge in [-0.2, -0.15) is 0 Å². The molecule has 38 heavy (non-hydrogen) atoms. The second-order valence-electron chi connectivity index (χ2n) is 7.35. The summed E-state index contributed by atoms with van der Waals surface area (Å²) in [5, 5.41) is 4.39. The van der Waals surface area contributed by atoms with E-state index in [9.17, 15) is 19.2 Å². The van der Waals surface area contributed by atoms with Crippen LogP contribution in [0.2, 0.25) is 0 Å². The number of carbonyl (C=O) groups is 4. The van der Waals surface area contributed by atoms with E-state index >= 15 is 0 Å². The van der Waals surface area contributed by atoms with Gasteiger partial charge in [-0.15, -0.1) is 0 Å². The van der Waals surface area contributed by atoms with Crippen molar-refractivity contribution in [2.45, 2.75) is 0 Å². The van der Waals surface area contributed by atoms with Crippen LogP contribution >= 0.6 is 0 Å². The number of esters is 4. The molecule has 1 aromatic heterocycles. The number of methoxy groups -OCH3 is 4. The van der Waals surface area contributed by atoms with Crippen molar-refractivity contribution in [2.75, 3.05) is 28.4 Å². The first-order valence-corrected chi connectivity index (χ1v) is 12.7. The summed E-state index contributed by atoms with van der Waals surface area (Å²) >= 11 is -0.851. The zero-order valence-corrected chi connectivity index (χ0v) is 22.7. The molecular weight excluding hydrogens is 559 g/mol. The number of benzene rings is 2. The van der Waals surface area contributed by atoms with E-state index in [1.54, 1.807) is 0 Å². The molecular formula is C27H24N2O8Se. The fourth-order valence-corrected chi connectivity index (χ4v) is 5.61. The van der Waals surface area contributed by atoms with Gasteiger partial charge in [0.05, 0.1) is 0 Å². The third-order valence-electron chi connectivity index (χ3n) is 5.07. The quantitative estimate of drug-likeness (QED) is 0.123. The summed E-state index contributed by atoms with van der Waals surface area (Å²) < 4.78 is 21.4. The first-order chi connectivity index (χ1) is 18.3. The van der Waals surface area contributed by atoms with Crippen molar-refractivity contribution >= 4 is 49.0 Å². The third kappa shape index (κ3) is 6.44. The maximum atomic E-state index is 12.7. The molecule has 2 aromatic carbocycles. The van der Waals surface area contributed by atoms with Gasteiger partial charge < -0.3 is 0 Å². The van der Waals surface area contributed by atoms with E-state index in [1.807, 2.05) is 60.7 Å². The van der Waals surface area contributed by atoms with Crippen LogP contribution in [0.15, 0.2) is 77.4 Å². The third-order valence-corrected chi connectivity index (χ3v) is 7.46. The van der Waals surface area contributed by atoms with Crippen LogP contribution in [0.5, 0.6) is 0 Å². The average molecular weight is 583 g/mol. The van der Waals surface area contributed by atoms with Gasteiger partial charge in [0.2, 0.25) is 0 Å². The van der Waals surface area contributed by atoms with Crippen molar-refractivity contribution in [1.29, 1.82) is 0 Å². The van der Waals surface area contributed by atoms with Crippen molar-refractivity contribution in [3.8, 4) is 0 Å². The van der Waals surface area contributed by atoms with E-state index in [0.717, 1.165) is 6.08 Å². The molecule has 0 aliphatic heterocycles. The van der Waals surface area contributed by atoms with Gasteiger partial charge in [0.25, 0.3) is 0 Å². The van der Waals surface area contributed by atoms with Gasteiger partial charge in [0.1, 0.15) is 0 Å². The zero-order valence-electron chi connectivity index (χ0n) is 21.0. The average Bonchev–Trinajstić information content (AvgIpc) is 3.40. The van der Waals surface area contributed by atoms with E-state index in [2.05, 4.69) is 5.10 Å². The van der Waals surface area contributed by atoms with Crippen LogP contribution in [-0.2, 0) is 28.5 Å². The monoisotopic (exact) mass is 584 g/mol. The topological polar surface area (TPSA) is 123 Å². The molecule has 0 saturated carbocycles. The van der Waals surface area contributed by atoms with Crippen molar-refractivity contribution in [2.24, 2.45) is 0 Å². The summed E-state index contributed by atoms with van der Waals surface area (Å²) in [4.78, 5) is 49.8. The van der Waals surface area contributed by atoms with Crippen molar-refractivity contribution in [3.63, 3.8) is 0 Å². The molecule has 11 heteroatoms. The molecule has 10 nitrogen and oxygen atoms in total. The van der Waals surface area contributed by atoms with Gasteiger partial charge >= 0.3 is 225 Å². The fourth-order valence-electron chi connectivity index (χ4n) is 3.30. The molecule has 0 radical (unpaired) electrons. The van der Waals surface area contributed by atoms with E-state index in [-0.39, 0.29) is 15.7 Å². The van der Waals surface area contributed by atoms with Crippen LogP contribution in [0.4, 0.5) is 0 Å². The first-order valence-electron chi connectivity index (χ1n) is 11.0. The molecule has 0 amide bonds. The van der Waals surface area contributed by atoms with Crippen LogP contribution in [0.1, 0.15) is 32.0 Å². The normalized spacial score (nSPS) is 11.7. The fraction of sp³-hybridized carbons (Fsp3) is 0.148. The minimum absolute atomic E-state index is 0.0765. The summed E-state index contributed by atoms with van der Waals surface area (Å²) in [6, 6.07) is 18.2. The van der Waals surface area contributed by atoms with Crippen LogP contribution in [0.3, 0.4) is 0 Å². The van der Waals surface area contributed by atoms with Crippen molar-refractivity contribution in [3.05, 3.63) is 99.8 Å². The Bertz CT molecular complexity index is 1360. The molecule has 0 aliphatic carbocycles. The Balaban J connectivity index is 2.42. The van der Waals surface area contributed by atoms with E-state index < -0.39 is 38.8 Å². The number of hydrogen-bond donors (Lipinski definition) is 0. The summed E-state index contributed by atoms with van der Waals surface area (Å²) in [7, 11) is 4.78. The van der Waals surface area contributed by atoms with Crippen LogP contribution < -0.4 is 0 Å². The molecule has 0 unspecified atom stereocenters. The second kappa shape index (κ2) is 13.2. The number of rotatable bonds is 9. The van der Waals surface area contributed by atoms with Crippen molar-refractivity contribution in [1.82, 2.24) is 9.78 Å². The predicted molar refractivity (Wildman–Crippen MR) is 138 cm³/mol. The Morgan fingerprint density at radius 3 is 1.87 bits per heavy atom.